The van der Waals surface area contributed by atoms with Crippen LogP contribution in [0.4, 0.5) is 4.79 Å². The predicted octanol–water partition coefficient (Wildman–Crippen LogP) is -0.116. The van der Waals surface area contributed by atoms with Crippen molar-refractivity contribution in [2.24, 2.45) is 0 Å². The Morgan fingerprint density at radius 1 is 1.35 bits per heavy atom. The number of hydrogen-bond donors (Lipinski definition) is 2. The third-order valence-electron chi connectivity index (χ3n) is 4.63. The van der Waals surface area contributed by atoms with Gasteiger partial charge >= 0.3 is 6.03 Å². The Kier molecular flexibility index (Phi) is 4.87. The summed E-state index contributed by atoms with van der Waals surface area (Å²) in [5, 5.41) is 13.2. The Labute approximate surface area is 140 Å². The van der Waals surface area contributed by atoms with Gasteiger partial charge in [-0.25, -0.2) is 4.79 Å². The molecule has 130 valence electrons. The van der Waals surface area contributed by atoms with E-state index in [9.17, 15) is 14.7 Å². The maximum absolute atomic E-state index is 12.6. The molecule has 3 rings (SSSR count). The first-order valence-electron chi connectivity index (χ1n) is 8.17. The Hall–Kier alpha value is -0.830. The van der Waals surface area contributed by atoms with Crippen molar-refractivity contribution in [1.29, 1.82) is 0 Å². The summed E-state index contributed by atoms with van der Waals surface area (Å²) in [5.41, 5.74) is -0.733. The Morgan fingerprint density at radius 3 is 2.65 bits per heavy atom. The molecule has 0 radical (unpaired) electrons. The first kappa shape index (κ1) is 17.0. The fourth-order valence-electron chi connectivity index (χ4n) is 3.67. The zero-order chi connectivity index (χ0) is 16.6. The number of ether oxygens (including phenoxy) is 1. The van der Waals surface area contributed by atoms with E-state index in [4.69, 9.17) is 4.74 Å². The molecular weight excluding hydrogens is 318 g/mol. The summed E-state index contributed by atoms with van der Waals surface area (Å²) in [6.07, 6.45) is 0.183. The summed E-state index contributed by atoms with van der Waals surface area (Å²) in [6, 6.07) is -0.375. The van der Waals surface area contributed by atoms with Gasteiger partial charge in [0.2, 0.25) is 0 Å². The number of rotatable bonds is 4. The van der Waals surface area contributed by atoms with Crippen LogP contribution in [0, 0.1) is 0 Å². The molecule has 0 aromatic rings. The minimum Gasteiger partial charge on any atom is -0.390 e. The average Bonchev–Trinajstić information content (AvgIpc) is 2.99. The fourth-order valence-corrected chi connectivity index (χ4v) is 5.00. The van der Waals surface area contributed by atoms with E-state index in [0.29, 0.717) is 18.7 Å². The summed E-state index contributed by atoms with van der Waals surface area (Å²) >= 11 is 1.68. The zero-order valence-corrected chi connectivity index (χ0v) is 14.5. The number of nitrogens with one attached hydrogen (secondary N) is 1. The average molecular weight is 343 g/mol. The van der Waals surface area contributed by atoms with Crippen molar-refractivity contribution in [3.8, 4) is 0 Å². The van der Waals surface area contributed by atoms with E-state index in [1.165, 1.54) is 4.90 Å². The van der Waals surface area contributed by atoms with Crippen molar-refractivity contribution < 1.29 is 19.4 Å². The Balaban J connectivity index is 1.56. The number of nitrogens with zero attached hydrogens (tertiary/aromatic N) is 2. The molecule has 4 atom stereocenters. The zero-order valence-electron chi connectivity index (χ0n) is 13.7. The molecule has 0 bridgehead atoms. The van der Waals surface area contributed by atoms with Crippen molar-refractivity contribution in [2.75, 3.05) is 37.7 Å². The molecular formula is C15H25N3O4S. The molecule has 23 heavy (non-hydrogen) atoms. The Bertz CT molecular complexity index is 473. The van der Waals surface area contributed by atoms with Crippen molar-refractivity contribution in [1.82, 2.24) is 15.1 Å². The predicted molar refractivity (Wildman–Crippen MR) is 87.4 cm³/mol. The third-order valence-corrected chi connectivity index (χ3v) is 5.81. The lowest BCUT2D eigenvalue weighted by atomic mass is 9.99. The van der Waals surface area contributed by atoms with E-state index in [2.05, 4.69) is 10.2 Å². The summed E-state index contributed by atoms with van der Waals surface area (Å²) in [4.78, 5) is 28.0. The first-order valence-corrected chi connectivity index (χ1v) is 9.33. The number of imide groups is 1. The highest BCUT2D eigenvalue weighted by Crippen LogP contribution is 2.33. The molecule has 3 fully saturated rings. The monoisotopic (exact) mass is 343 g/mol. The van der Waals surface area contributed by atoms with Crippen LogP contribution in [-0.2, 0) is 9.53 Å². The van der Waals surface area contributed by atoms with Crippen LogP contribution >= 0.6 is 11.8 Å². The highest BCUT2D eigenvalue weighted by atomic mass is 32.2. The number of carbonyl (C=O) groups is 2. The van der Waals surface area contributed by atoms with Crippen molar-refractivity contribution in [2.45, 2.75) is 44.1 Å². The van der Waals surface area contributed by atoms with Crippen LogP contribution in [0.15, 0.2) is 0 Å². The smallest absolute Gasteiger partial charge is 0.325 e. The van der Waals surface area contributed by atoms with Gasteiger partial charge in [-0.1, -0.05) is 0 Å². The molecule has 0 aliphatic carbocycles. The van der Waals surface area contributed by atoms with Crippen LogP contribution in [0.1, 0.15) is 20.3 Å². The van der Waals surface area contributed by atoms with E-state index in [0.717, 1.165) is 18.8 Å². The SMILES string of the molecule is C[C@@H]1CN(C[C@H](O)CN2C(=O)N[C@@]3(CCSC3)C2=O)C[C@@H](C)O1. The van der Waals surface area contributed by atoms with Crippen LogP contribution in [-0.4, -0.2) is 88.4 Å². The van der Waals surface area contributed by atoms with Gasteiger partial charge in [0.25, 0.3) is 5.91 Å². The van der Waals surface area contributed by atoms with E-state index >= 15 is 0 Å². The van der Waals surface area contributed by atoms with Crippen LogP contribution in [0.25, 0.3) is 0 Å². The molecule has 3 aliphatic rings. The van der Waals surface area contributed by atoms with Gasteiger partial charge in [0, 0.05) is 25.4 Å². The minimum atomic E-state index is -0.744. The van der Waals surface area contributed by atoms with Gasteiger partial charge in [0.1, 0.15) is 5.54 Å². The van der Waals surface area contributed by atoms with Crippen molar-refractivity contribution >= 4 is 23.7 Å². The van der Waals surface area contributed by atoms with Gasteiger partial charge in [0.15, 0.2) is 0 Å². The van der Waals surface area contributed by atoms with Gasteiger partial charge < -0.3 is 15.2 Å². The maximum atomic E-state index is 12.6. The molecule has 8 heteroatoms. The topological polar surface area (TPSA) is 82.1 Å². The lowest BCUT2D eigenvalue weighted by Crippen LogP contribution is -2.51. The highest BCUT2D eigenvalue weighted by molar-refractivity contribution is 7.99. The normalized spacial score (nSPS) is 36.7. The highest BCUT2D eigenvalue weighted by Gasteiger charge is 2.53. The molecule has 3 aliphatic heterocycles. The molecule has 0 saturated carbocycles. The molecule has 0 aromatic carbocycles. The van der Waals surface area contributed by atoms with Crippen LogP contribution in [0.3, 0.4) is 0 Å². The first-order chi connectivity index (χ1) is 10.9. The lowest BCUT2D eigenvalue weighted by Gasteiger charge is -2.36. The van der Waals surface area contributed by atoms with Crippen LogP contribution in [0.2, 0.25) is 0 Å². The number of hydrogen-bond acceptors (Lipinski definition) is 6. The van der Waals surface area contributed by atoms with Gasteiger partial charge in [-0.05, 0) is 26.0 Å². The Morgan fingerprint density at radius 2 is 2.04 bits per heavy atom. The molecule has 3 heterocycles. The largest absolute Gasteiger partial charge is 0.390 e. The van der Waals surface area contributed by atoms with Gasteiger partial charge in [-0.3, -0.25) is 14.6 Å². The quantitative estimate of drug-likeness (QED) is 0.693. The number of aliphatic hydroxyl groups excluding tert-OH is 1. The second-order valence-electron chi connectivity index (χ2n) is 6.86. The fraction of sp³-hybridized carbons (Fsp3) is 0.867. The maximum Gasteiger partial charge on any atom is 0.325 e. The molecule has 7 nitrogen and oxygen atoms in total. The number of aliphatic hydroxyl groups is 1. The third kappa shape index (κ3) is 3.50. The number of carbonyl (C=O) groups excluding carboxylic acids is 2. The minimum absolute atomic E-state index is 0.0528. The molecule has 0 unspecified atom stereocenters. The lowest BCUT2D eigenvalue weighted by molar-refractivity contribution is -0.132. The van der Waals surface area contributed by atoms with Gasteiger partial charge in [-0.15, -0.1) is 0 Å². The number of urea groups is 1. The number of morpholine rings is 1. The molecule has 1 spiro atoms. The summed E-state index contributed by atoms with van der Waals surface area (Å²) in [6.45, 7) is 6.01. The second-order valence-corrected chi connectivity index (χ2v) is 7.97. The summed E-state index contributed by atoms with van der Waals surface area (Å²) in [5.74, 6) is 1.32. The van der Waals surface area contributed by atoms with Gasteiger partial charge in [-0.2, -0.15) is 11.8 Å². The van der Waals surface area contributed by atoms with Crippen molar-refractivity contribution in [3.05, 3.63) is 0 Å². The standard InChI is InChI=1S/C15H25N3O4S/c1-10-5-17(6-11(2)22-10)7-12(19)8-18-13(20)15(16-14(18)21)3-4-23-9-15/h10-12,19H,3-9H2,1-2H3,(H,16,21)/t10-,11-,12+,15-/m1/s1. The van der Waals surface area contributed by atoms with E-state index < -0.39 is 11.6 Å². The second kappa shape index (κ2) is 6.58. The van der Waals surface area contributed by atoms with Crippen molar-refractivity contribution in [3.63, 3.8) is 0 Å². The molecule has 0 aromatic heterocycles. The molecule has 2 N–H and O–H groups in total. The number of β-amino-alcohol motifs (C(OH)–C–C–N with tert-alkyl or cyclic N) is 1. The van der Waals surface area contributed by atoms with Gasteiger partial charge in [0.05, 0.1) is 24.9 Å². The number of amides is 3. The van der Waals surface area contributed by atoms with Crippen LogP contribution in [0.5, 0.6) is 0 Å². The molecule has 3 amide bonds. The summed E-state index contributed by atoms with van der Waals surface area (Å²) < 4.78 is 5.67. The van der Waals surface area contributed by atoms with E-state index in [1.807, 2.05) is 13.8 Å². The van der Waals surface area contributed by atoms with E-state index in [1.54, 1.807) is 11.8 Å². The van der Waals surface area contributed by atoms with Crippen LogP contribution < -0.4 is 5.32 Å². The summed E-state index contributed by atoms with van der Waals surface area (Å²) in [7, 11) is 0. The molecule has 3 saturated heterocycles. The van der Waals surface area contributed by atoms with E-state index in [-0.39, 0.29) is 30.7 Å². The number of thioether (sulfide) groups is 1.